The normalized spacial score (nSPS) is 14.1. The summed E-state index contributed by atoms with van der Waals surface area (Å²) in [5.74, 6) is 0.567. The SMILES string of the molecule is CCCCOC(Br)C(C)C. The molecular formula is C8H17BrO. The summed E-state index contributed by atoms with van der Waals surface area (Å²) in [5.41, 5.74) is 0. The molecule has 1 unspecified atom stereocenters. The van der Waals surface area contributed by atoms with Gasteiger partial charge in [-0.3, -0.25) is 0 Å². The molecule has 0 heterocycles. The zero-order valence-electron chi connectivity index (χ0n) is 7.06. The van der Waals surface area contributed by atoms with Gasteiger partial charge in [0.05, 0.1) is 0 Å². The van der Waals surface area contributed by atoms with Gasteiger partial charge in [0.1, 0.15) is 5.01 Å². The van der Waals surface area contributed by atoms with E-state index in [-0.39, 0.29) is 5.01 Å². The van der Waals surface area contributed by atoms with E-state index in [2.05, 4.69) is 36.7 Å². The fourth-order valence-electron chi connectivity index (χ4n) is 0.533. The van der Waals surface area contributed by atoms with Crippen LogP contribution in [0.2, 0.25) is 0 Å². The quantitative estimate of drug-likeness (QED) is 0.499. The van der Waals surface area contributed by atoms with E-state index >= 15 is 0 Å². The third-order valence-electron chi connectivity index (χ3n) is 1.30. The maximum Gasteiger partial charge on any atom is 0.114 e. The molecule has 0 amide bonds. The predicted octanol–water partition coefficient (Wildman–Crippen LogP) is 3.18. The van der Waals surface area contributed by atoms with Crippen molar-refractivity contribution < 1.29 is 4.74 Å². The fraction of sp³-hybridized carbons (Fsp3) is 1.00. The summed E-state index contributed by atoms with van der Waals surface area (Å²) in [5, 5.41) is 0.235. The van der Waals surface area contributed by atoms with Gasteiger partial charge in [-0.05, 0) is 12.3 Å². The van der Waals surface area contributed by atoms with E-state index in [1.807, 2.05) is 0 Å². The number of hydrogen-bond acceptors (Lipinski definition) is 1. The number of alkyl halides is 1. The first-order valence-electron chi connectivity index (χ1n) is 3.94. The van der Waals surface area contributed by atoms with Crippen molar-refractivity contribution in [2.75, 3.05) is 6.61 Å². The lowest BCUT2D eigenvalue weighted by atomic mass is 10.2. The highest BCUT2D eigenvalue weighted by Gasteiger charge is 2.07. The van der Waals surface area contributed by atoms with E-state index < -0.39 is 0 Å². The molecular weight excluding hydrogens is 192 g/mol. The third-order valence-corrected chi connectivity index (χ3v) is 2.62. The maximum absolute atomic E-state index is 5.46. The van der Waals surface area contributed by atoms with Crippen LogP contribution in [-0.2, 0) is 4.74 Å². The van der Waals surface area contributed by atoms with Crippen LogP contribution in [0.5, 0.6) is 0 Å². The summed E-state index contributed by atoms with van der Waals surface area (Å²) in [6, 6.07) is 0. The molecule has 0 spiro atoms. The van der Waals surface area contributed by atoms with Gasteiger partial charge in [-0.1, -0.05) is 43.1 Å². The van der Waals surface area contributed by atoms with Crippen LogP contribution < -0.4 is 0 Å². The monoisotopic (exact) mass is 208 g/mol. The third kappa shape index (κ3) is 5.24. The molecule has 10 heavy (non-hydrogen) atoms. The Hall–Kier alpha value is 0.440. The lowest BCUT2D eigenvalue weighted by molar-refractivity contribution is 0.0863. The van der Waals surface area contributed by atoms with Crippen molar-refractivity contribution in [3.05, 3.63) is 0 Å². The number of halogens is 1. The van der Waals surface area contributed by atoms with Crippen molar-refractivity contribution in [3.63, 3.8) is 0 Å². The average molecular weight is 209 g/mol. The molecule has 0 aromatic heterocycles. The van der Waals surface area contributed by atoms with Crippen LogP contribution in [0.4, 0.5) is 0 Å². The summed E-state index contributed by atoms with van der Waals surface area (Å²) in [6.07, 6.45) is 2.37. The second-order valence-electron chi connectivity index (χ2n) is 2.82. The molecule has 0 N–H and O–H groups in total. The van der Waals surface area contributed by atoms with Crippen LogP contribution in [0.3, 0.4) is 0 Å². The molecule has 0 aromatic carbocycles. The highest BCUT2D eigenvalue weighted by Crippen LogP contribution is 2.13. The summed E-state index contributed by atoms with van der Waals surface area (Å²) < 4.78 is 5.46. The molecule has 1 nitrogen and oxygen atoms in total. The van der Waals surface area contributed by atoms with Crippen molar-refractivity contribution in [1.82, 2.24) is 0 Å². The van der Waals surface area contributed by atoms with Gasteiger partial charge in [0.2, 0.25) is 0 Å². The van der Waals surface area contributed by atoms with E-state index in [9.17, 15) is 0 Å². The minimum Gasteiger partial charge on any atom is -0.367 e. The van der Waals surface area contributed by atoms with Gasteiger partial charge < -0.3 is 4.74 Å². The Balaban J connectivity index is 3.13. The molecule has 2 heteroatoms. The van der Waals surface area contributed by atoms with Gasteiger partial charge in [0, 0.05) is 6.61 Å². The van der Waals surface area contributed by atoms with Crippen LogP contribution in [0, 0.1) is 5.92 Å². The van der Waals surface area contributed by atoms with Gasteiger partial charge in [-0.25, -0.2) is 0 Å². The minimum absolute atomic E-state index is 0.235. The second-order valence-corrected chi connectivity index (χ2v) is 3.72. The topological polar surface area (TPSA) is 9.23 Å². The molecule has 0 aliphatic carbocycles. The second kappa shape index (κ2) is 6.17. The summed E-state index contributed by atoms with van der Waals surface area (Å²) >= 11 is 3.45. The Morgan fingerprint density at radius 1 is 1.40 bits per heavy atom. The molecule has 0 bridgehead atoms. The van der Waals surface area contributed by atoms with Crippen molar-refractivity contribution in [2.45, 2.75) is 38.6 Å². The molecule has 0 saturated heterocycles. The van der Waals surface area contributed by atoms with Crippen LogP contribution in [0.25, 0.3) is 0 Å². The number of unbranched alkanes of at least 4 members (excludes halogenated alkanes) is 1. The zero-order chi connectivity index (χ0) is 7.98. The Kier molecular flexibility index (Phi) is 6.44. The number of rotatable bonds is 5. The summed E-state index contributed by atoms with van der Waals surface area (Å²) in [4.78, 5) is 0. The predicted molar refractivity (Wildman–Crippen MR) is 48.4 cm³/mol. The first-order chi connectivity index (χ1) is 4.68. The van der Waals surface area contributed by atoms with Crippen molar-refractivity contribution in [1.29, 1.82) is 0 Å². The highest BCUT2D eigenvalue weighted by molar-refractivity contribution is 9.09. The lowest BCUT2D eigenvalue weighted by Gasteiger charge is -2.13. The van der Waals surface area contributed by atoms with Crippen molar-refractivity contribution in [3.8, 4) is 0 Å². The minimum atomic E-state index is 0.235. The molecule has 0 radical (unpaired) electrons. The lowest BCUT2D eigenvalue weighted by Crippen LogP contribution is -2.12. The van der Waals surface area contributed by atoms with E-state index in [1.54, 1.807) is 0 Å². The molecule has 0 aromatic rings. The smallest absolute Gasteiger partial charge is 0.114 e. The fourth-order valence-corrected chi connectivity index (χ4v) is 0.720. The molecule has 1 atom stereocenters. The van der Waals surface area contributed by atoms with Gasteiger partial charge in [-0.15, -0.1) is 0 Å². The number of hydrogen-bond donors (Lipinski definition) is 0. The molecule has 0 rings (SSSR count). The van der Waals surface area contributed by atoms with Crippen molar-refractivity contribution in [2.24, 2.45) is 5.92 Å². The first kappa shape index (κ1) is 10.4. The number of ether oxygens (including phenoxy) is 1. The van der Waals surface area contributed by atoms with Crippen LogP contribution in [0.1, 0.15) is 33.6 Å². The maximum atomic E-state index is 5.46. The molecule has 0 fully saturated rings. The van der Waals surface area contributed by atoms with E-state index in [4.69, 9.17) is 4.74 Å². The molecule has 0 saturated carbocycles. The van der Waals surface area contributed by atoms with Crippen LogP contribution >= 0.6 is 15.9 Å². The summed E-state index contributed by atoms with van der Waals surface area (Å²) in [7, 11) is 0. The standard InChI is InChI=1S/C8H17BrO/c1-4-5-6-10-8(9)7(2)3/h7-8H,4-6H2,1-3H3. The van der Waals surface area contributed by atoms with Gasteiger partial charge in [-0.2, -0.15) is 0 Å². The largest absolute Gasteiger partial charge is 0.367 e. The van der Waals surface area contributed by atoms with Crippen LogP contribution in [-0.4, -0.2) is 11.6 Å². The van der Waals surface area contributed by atoms with Gasteiger partial charge >= 0.3 is 0 Å². The zero-order valence-corrected chi connectivity index (χ0v) is 8.65. The Morgan fingerprint density at radius 3 is 2.40 bits per heavy atom. The molecule has 62 valence electrons. The summed E-state index contributed by atoms with van der Waals surface area (Å²) in [6.45, 7) is 7.34. The highest BCUT2D eigenvalue weighted by atomic mass is 79.9. The molecule has 0 aliphatic rings. The van der Waals surface area contributed by atoms with Gasteiger partial charge in [0.25, 0.3) is 0 Å². The Bertz CT molecular complexity index is 73.7. The molecule has 0 aliphatic heterocycles. The first-order valence-corrected chi connectivity index (χ1v) is 4.85. The van der Waals surface area contributed by atoms with E-state index in [0.29, 0.717) is 5.92 Å². The Labute approximate surface area is 72.3 Å². The van der Waals surface area contributed by atoms with Gasteiger partial charge in [0.15, 0.2) is 0 Å². The Morgan fingerprint density at radius 2 is 2.00 bits per heavy atom. The van der Waals surface area contributed by atoms with Crippen LogP contribution in [0.15, 0.2) is 0 Å². The van der Waals surface area contributed by atoms with Crippen molar-refractivity contribution >= 4 is 15.9 Å². The van der Waals surface area contributed by atoms with E-state index in [1.165, 1.54) is 6.42 Å². The van der Waals surface area contributed by atoms with E-state index in [0.717, 1.165) is 13.0 Å². The average Bonchev–Trinajstić information content (AvgIpc) is 1.88.